The Bertz CT molecular complexity index is 662. The number of nitrogens with two attached hydrogens (primary N) is 1. The standard InChI is InChI=1S/C16H27N5O2S/c1-24(22,23)21(13-4-2-5-13)14-6-3-10-20(11-8-14)12-16-18-9-7-15(17)19-16/h7,9,13-14H,2-6,8,10-12H2,1H3,(H2,17,18,19)/t14-/m1/s1. The van der Waals surface area contributed by atoms with E-state index in [-0.39, 0.29) is 12.1 Å². The lowest BCUT2D eigenvalue weighted by molar-refractivity contribution is 0.160. The molecule has 24 heavy (non-hydrogen) atoms. The molecule has 8 heteroatoms. The SMILES string of the molecule is CS(=O)(=O)N(C1CCC1)[C@@H]1CCCN(Cc2nccc(N)n2)CC1. The Labute approximate surface area is 144 Å². The highest BCUT2D eigenvalue weighted by molar-refractivity contribution is 7.88. The van der Waals surface area contributed by atoms with Crippen molar-refractivity contribution in [3.8, 4) is 0 Å². The topological polar surface area (TPSA) is 92.4 Å². The van der Waals surface area contributed by atoms with Gasteiger partial charge in [0.05, 0.1) is 12.8 Å². The van der Waals surface area contributed by atoms with Crippen molar-refractivity contribution in [1.29, 1.82) is 0 Å². The highest BCUT2D eigenvalue weighted by Crippen LogP contribution is 2.32. The first-order valence-corrected chi connectivity index (χ1v) is 10.6. The molecule has 1 aliphatic heterocycles. The number of rotatable bonds is 5. The van der Waals surface area contributed by atoms with Crippen LogP contribution in [0.15, 0.2) is 12.3 Å². The van der Waals surface area contributed by atoms with Gasteiger partial charge < -0.3 is 5.73 Å². The molecule has 2 N–H and O–H groups in total. The van der Waals surface area contributed by atoms with Crippen molar-refractivity contribution in [2.45, 2.75) is 57.2 Å². The number of nitrogens with zero attached hydrogens (tertiary/aromatic N) is 4. The third-order valence-corrected chi connectivity index (χ3v) is 6.42. The molecule has 0 unspecified atom stereocenters. The van der Waals surface area contributed by atoms with E-state index in [1.807, 2.05) is 0 Å². The van der Waals surface area contributed by atoms with Gasteiger partial charge >= 0.3 is 0 Å². The first-order valence-electron chi connectivity index (χ1n) is 8.72. The van der Waals surface area contributed by atoms with Crippen molar-refractivity contribution in [2.24, 2.45) is 0 Å². The van der Waals surface area contributed by atoms with E-state index in [1.165, 1.54) is 6.26 Å². The van der Waals surface area contributed by atoms with Gasteiger partial charge in [0.25, 0.3) is 0 Å². The lowest BCUT2D eigenvalue weighted by Crippen LogP contribution is -2.49. The Morgan fingerprint density at radius 3 is 2.54 bits per heavy atom. The van der Waals surface area contributed by atoms with E-state index in [0.29, 0.717) is 12.4 Å². The second-order valence-corrected chi connectivity index (χ2v) is 8.82. The van der Waals surface area contributed by atoms with E-state index >= 15 is 0 Å². The third kappa shape index (κ3) is 4.23. The highest BCUT2D eigenvalue weighted by atomic mass is 32.2. The Balaban J connectivity index is 1.63. The summed E-state index contributed by atoms with van der Waals surface area (Å²) in [7, 11) is -3.15. The van der Waals surface area contributed by atoms with Gasteiger partial charge in [-0.3, -0.25) is 4.90 Å². The number of aromatic nitrogens is 2. The maximum Gasteiger partial charge on any atom is 0.211 e. The molecule has 2 fully saturated rings. The monoisotopic (exact) mass is 353 g/mol. The molecule has 1 atom stereocenters. The van der Waals surface area contributed by atoms with Crippen molar-refractivity contribution in [2.75, 3.05) is 25.1 Å². The van der Waals surface area contributed by atoms with Crippen LogP contribution in [0, 0.1) is 0 Å². The molecular weight excluding hydrogens is 326 g/mol. The molecule has 7 nitrogen and oxygen atoms in total. The summed E-state index contributed by atoms with van der Waals surface area (Å²) in [5.74, 6) is 1.22. The molecule has 1 saturated heterocycles. The maximum absolute atomic E-state index is 12.3. The van der Waals surface area contributed by atoms with Crippen LogP contribution in [0.2, 0.25) is 0 Å². The summed E-state index contributed by atoms with van der Waals surface area (Å²) in [6.07, 6.45) is 8.97. The zero-order valence-corrected chi connectivity index (χ0v) is 15.1. The number of likely N-dealkylation sites (tertiary alicyclic amines) is 1. The number of hydrogen-bond acceptors (Lipinski definition) is 6. The highest BCUT2D eigenvalue weighted by Gasteiger charge is 2.37. The number of hydrogen-bond donors (Lipinski definition) is 1. The van der Waals surface area contributed by atoms with Crippen LogP contribution in [0.4, 0.5) is 5.82 Å². The first kappa shape index (κ1) is 17.6. The molecule has 0 amide bonds. The van der Waals surface area contributed by atoms with Gasteiger partial charge in [-0.2, -0.15) is 4.31 Å². The van der Waals surface area contributed by atoms with Crippen LogP contribution in [-0.2, 0) is 16.6 Å². The molecule has 0 spiro atoms. The minimum absolute atomic E-state index is 0.122. The van der Waals surface area contributed by atoms with Crippen LogP contribution in [-0.4, -0.2) is 59.0 Å². The summed E-state index contributed by atoms with van der Waals surface area (Å²) in [5.41, 5.74) is 5.72. The fourth-order valence-corrected chi connectivity index (χ4v) is 5.23. The van der Waals surface area contributed by atoms with E-state index in [0.717, 1.165) is 57.4 Å². The largest absolute Gasteiger partial charge is 0.384 e. The zero-order valence-electron chi connectivity index (χ0n) is 14.3. The van der Waals surface area contributed by atoms with Crippen LogP contribution >= 0.6 is 0 Å². The number of anilines is 1. The fraction of sp³-hybridized carbons (Fsp3) is 0.750. The molecule has 2 heterocycles. The smallest absolute Gasteiger partial charge is 0.211 e. The predicted molar refractivity (Wildman–Crippen MR) is 93.7 cm³/mol. The second kappa shape index (κ2) is 7.33. The normalized spacial score (nSPS) is 23.8. The zero-order chi connectivity index (χ0) is 17.2. The molecule has 0 aromatic carbocycles. The van der Waals surface area contributed by atoms with Crippen LogP contribution in [0.25, 0.3) is 0 Å². The van der Waals surface area contributed by atoms with Gasteiger partial charge in [-0.25, -0.2) is 18.4 Å². The Kier molecular flexibility index (Phi) is 5.36. The number of sulfonamides is 1. The summed E-state index contributed by atoms with van der Waals surface area (Å²) in [6.45, 7) is 2.47. The lowest BCUT2D eigenvalue weighted by atomic mass is 9.91. The maximum atomic E-state index is 12.3. The molecule has 1 aliphatic carbocycles. The van der Waals surface area contributed by atoms with Gasteiger partial charge in [-0.05, 0) is 44.7 Å². The Morgan fingerprint density at radius 1 is 1.21 bits per heavy atom. The number of nitrogen functional groups attached to an aromatic ring is 1. The van der Waals surface area contributed by atoms with Crippen molar-refractivity contribution < 1.29 is 8.42 Å². The quantitative estimate of drug-likeness (QED) is 0.856. The van der Waals surface area contributed by atoms with Gasteiger partial charge in [0.15, 0.2) is 0 Å². The molecule has 0 bridgehead atoms. The summed E-state index contributed by atoms with van der Waals surface area (Å²) in [5, 5.41) is 0. The van der Waals surface area contributed by atoms with Gasteiger partial charge in [0, 0.05) is 24.8 Å². The van der Waals surface area contributed by atoms with E-state index in [1.54, 1.807) is 16.6 Å². The minimum Gasteiger partial charge on any atom is -0.384 e. The average Bonchev–Trinajstić information content (AvgIpc) is 2.67. The molecule has 1 aromatic rings. The third-order valence-electron chi connectivity index (χ3n) is 5.06. The van der Waals surface area contributed by atoms with Crippen LogP contribution in [0.5, 0.6) is 0 Å². The molecule has 1 saturated carbocycles. The van der Waals surface area contributed by atoms with Gasteiger partial charge in [-0.15, -0.1) is 0 Å². The van der Waals surface area contributed by atoms with Crippen molar-refractivity contribution in [3.05, 3.63) is 18.1 Å². The van der Waals surface area contributed by atoms with Crippen molar-refractivity contribution in [3.63, 3.8) is 0 Å². The fourth-order valence-electron chi connectivity index (χ4n) is 3.72. The van der Waals surface area contributed by atoms with Gasteiger partial charge in [0.1, 0.15) is 11.6 Å². The summed E-state index contributed by atoms with van der Waals surface area (Å²) >= 11 is 0. The molecule has 2 aliphatic rings. The van der Waals surface area contributed by atoms with Crippen molar-refractivity contribution >= 4 is 15.8 Å². The molecular formula is C16H27N5O2S. The summed E-state index contributed by atoms with van der Waals surface area (Å²) in [6, 6.07) is 2.02. The molecule has 134 valence electrons. The van der Waals surface area contributed by atoms with E-state index in [9.17, 15) is 8.42 Å². The van der Waals surface area contributed by atoms with Crippen LogP contribution in [0.1, 0.15) is 44.3 Å². The molecule has 1 aromatic heterocycles. The van der Waals surface area contributed by atoms with Crippen molar-refractivity contribution in [1.82, 2.24) is 19.2 Å². The minimum atomic E-state index is -3.15. The average molecular weight is 353 g/mol. The first-order chi connectivity index (χ1) is 11.4. The van der Waals surface area contributed by atoms with Gasteiger partial charge in [0.2, 0.25) is 10.0 Å². The van der Waals surface area contributed by atoms with E-state index in [4.69, 9.17) is 5.73 Å². The van der Waals surface area contributed by atoms with Crippen LogP contribution < -0.4 is 5.73 Å². The Morgan fingerprint density at radius 2 is 1.92 bits per heavy atom. The van der Waals surface area contributed by atoms with Crippen LogP contribution in [0.3, 0.4) is 0 Å². The summed E-state index contributed by atoms with van der Waals surface area (Å²) < 4.78 is 26.3. The lowest BCUT2D eigenvalue weighted by Gasteiger charge is -2.40. The van der Waals surface area contributed by atoms with E-state index < -0.39 is 10.0 Å². The van der Waals surface area contributed by atoms with E-state index in [2.05, 4.69) is 14.9 Å². The molecule has 0 radical (unpaired) electrons. The van der Waals surface area contributed by atoms with Gasteiger partial charge in [-0.1, -0.05) is 6.42 Å². The second-order valence-electron chi connectivity index (χ2n) is 6.94. The molecule has 3 rings (SSSR count). The Hall–Kier alpha value is -1.25. The predicted octanol–water partition coefficient (Wildman–Crippen LogP) is 1.23. The summed E-state index contributed by atoms with van der Waals surface area (Å²) in [4.78, 5) is 10.8.